The zero-order valence-corrected chi connectivity index (χ0v) is 8.02. The third-order valence-corrected chi connectivity index (χ3v) is 2.66. The zero-order chi connectivity index (χ0) is 9.84. The van der Waals surface area contributed by atoms with Crippen LogP contribution in [0.15, 0.2) is 12.7 Å². The lowest BCUT2D eigenvalue weighted by Crippen LogP contribution is -2.45. The third kappa shape index (κ3) is 2.30. The predicted octanol–water partition coefficient (Wildman–Crippen LogP) is 0.709. The van der Waals surface area contributed by atoms with Gasteiger partial charge in [-0.2, -0.15) is 0 Å². The number of aliphatic hydroxyl groups is 2. The van der Waals surface area contributed by atoms with Crippen LogP contribution in [0, 0.1) is 5.92 Å². The van der Waals surface area contributed by atoms with Gasteiger partial charge in [-0.15, -0.1) is 6.58 Å². The van der Waals surface area contributed by atoms with Crippen LogP contribution in [-0.2, 0) is 4.74 Å². The van der Waals surface area contributed by atoms with Gasteiger partial charge in [-0.3, -0.25) is 0 Å². The van der Waals surface area contributed by atoms with Gasteiger partial charge in [0.25, 0.3) is 0 Å². The molecule has 1 aliphatic heterocycles. The molecular weight excluding hydrogens is 168 g/mol. The number of aliphatic hydroxyl groups excluding tert-OH is 2. The molecule has 13 heavy (non-hydrogen) atoms. The van der Waals surface area contributed by atoms with E-state index in [0.717, 1.165) is 12.8 Å². The molecule has 0 radical (unpaired) electrons. The van der Waals surface area contributed by atoms with Gasteiger partial charge in [0.15, 0.2) is 0 Å². The van der Waals surface area contributed by atoms with Crippen molar-refractivity contribution < 1.29 is 14.9 Å². The zero-order valence-electron chi connectivity index (χ0n) is 8.02. The molecule has 0 saturated carbocycles. The molecule has 1 aliphatic rings. The van der Waals surface area contributed by atoms with Gasteiger partial charge in [-0.1, -0.05) is 13.0 Å². The molecule has 3 heteroatoms. The molecule has 0 amide bonds. The number of hydrogen-bond donors (Lipinski definition) is 2. The first-order valence-electron chi connectivity index (χ1n) is 4.79. The number of ether oxygens (including phenoxy) is 1. The average Bonchev–Trinajstić information content (AvgIpc) is 2.18. The monoisotopic (exact) mass is 186 g/mol. The van der Waals surface area contributed by atoms with E-state index in [1.807, 2.05) is 6.92 Å². The van der Waals surface area contributed by atoms with Gasteiger partial charge in [0.1, 0.15) is 6.10 Å². The minimum atomic E-state index is -0.606. The van der Waals surface area contributed by atoms with Crippen LogP contribution in [0.3, 0.4) is 0 Å². The molecule has 0 aromatic carbocycles. The summed E-state index contributed by atoms with van der Waals surface area (Å²) < 4.78 is 5.55. The van der Waals surface area contributed by atoms with Crippen molar-refractivity contribution in [3.63, 3.8) is 0 Å². The van der Waals surface area contributed by atoms with E-state index in [-0.39, 0.29) is 24.7 Å². The minimum Gasteiger partial charge on any atom is -0.396 e. The van der Waals surface area contributed by atoms with Crippen molar-refractivity contribution in [1.29, 1.82) is 0 Å². The molecule has 76 valence electrons. The summed E-state index contributed by atoms with van der Waals surface area (Å²) in [7, 11) is 0. The van der Waals surface area contributed by atoms with Crippen LogP contribution < -0.4 is 0 Å². The van der Waals surface area contributed by atoms with Gasteiger partial charge < -0.3 is 14.9 Å². The van der Waals surface area contributed by atoms with Crippen molar-refractivity contribution in [2.45, 2.75) is 38.1 Å². The Bertz CT molecular complexity index is 170. The fraction of sp³-hybridized carbons (Fsp3) is 0.800. The van der Waals surface area contributed by atoms with E-state index >= 15 is 0 Å². The van der Waals surface area contributed by atoms with Crippen LogP contribution in [0.5, 0.6) is 0 Å². The van der Waals surface area contributed by atoms with Gasteiger partial charge in [0, 0.05) is 12.5 Å². The van der Waals surface area contributed by atoms with E-state index in [1.165, 1.54) is 0 Å². The van der Waals surface area contributed by atoms with E-state index in [1.54, 1.807) is 6.08 Å². The van der Waals surface area contributed by atoms with Crippen LogP contribution in [0.4, 0.5) is 0 Å². The van der Waals surface area contributed by atoms with Crippen LogP contribution >= 0.6 is 0 Å². The second-order valence-corrected chi connectivity index (χ2v) is 3.54. The summed E-state index contributed by atoms with van der Waals surface area (Å²) in [5.74, 6) is -0.0679. The molecule has 0 bridgehead atoms. The normalized spacial score (nSPS) is 40.2. The van der Waals surface area contributed by atoms with E-state index in [4.69, 9.17) is 9.84 Å². The van der Waals surface area contributed by atoms with Crippen molar-refractivity contribution in [3.05, 3.63) is 12.7 Å². The summed E-state index contributed by atoms with van der Waals surface area (Å²) in [4.78, 5) is 0. The minimum absolute atomic E-state index is 0.0192. The second-order valence-electron chi connectivity index (χ2n) is 3.54. The average molecular weight is 186 g/mol. The van der Waals surface area contributed by atoms with Gasteiger partial charge >= 0.3 is 0 Å². The maximum absolute atomic E-state index is 9.69. The molecule has 2 N–H and O–H groups in total. The fourth-order valence-electron chi connectivity index (χ4n) is 1.74. The van der Waals surface area contributed by atoms with Crippen molar-refractivity contribution in [1.82, 2.24) is 0 Å². The summed E-state index contributed by atoms with van der Waals surface area (Å²) in [5.41, 5.74) is 0. The topological polar surface area (TPSA) is 49.7 Å². The second kappa shape index (κ2) is 4.74. The highest BCUT2D eigenvalue weighted by Crippen LogP contribution is 2.27. The van der Waals surface area contributed by atoms with Crippen LogP contribution in [0.25, 0.3) is 0 Å². The van der Waals surface area contributed by atoms with Gasteiger partial charge in [0.2, 0.25) is 0 Å². The highest BCUT2D eigenvalue weighted by atomic mass is 16.5. The van der Waals surface area contributed by atoms with Crippen molar-refractivity contribution >= 4 is 0 Å². The first-order valence-corrected chi connectivity index (χ1v) is 4.79. The molecule has 0 spiro atoms. The molecule has 0 aliphatic carbocycles. The number of rotatable bonds is 3. The largest absolute Gasteiger partial charge is 0.396 e. The molecule has 4 atom stereocenters. The van der Waals surface area contributed by atoms with E-state index in [2.05, 4.69) is 6.58 Å². The fourth-order valence-corrected chi connectivity index (χ4v) is 1.74. The number of hydrogen-bond acceptors (Lipinski definition) is 3. The Balaban J connectivity index is 2.61. The lowest BCUT2D eigenvalue weighted by atomic mass is 9.88. The van der Waals surface area contributed by atoms with E-state index in [0.29, 0.717) is 0 Å². The SMILES string of the molecule is C=CC1O[C@H](CC)CC(CO)[C@@H]1O. The molecule has 3 nitrogen and oxygen atoms in total. The Morgan fingerprint density at radius 2 is 2.31 bits per heavy atom. The van der Waals surface area contributed by atoms with Crippen molar-refractivity contribution in [2.75, 3.05) is 6.61 Å². The highest BCUT2D eigenvalue weighted by Gasteiger charge is 2.34. The van der Waals surface area contributed by atoms with Crippen LogP contribution in [0.1, 0.15) is 19.8 Å². The molecule has 2 unspecified atom stereocenters. The summed E-state index contributed by atoms with van der Waals surface area (Å²) in [6.07, 6.45) is 2.46. The highest BCUT2D eigenvalue weighted by molar-refractivity contribution is 4.94. The maximum Gasteiger partial charge on any atom is 0.102 e. The summed E-state index contributed by atoms with van der Waals surface area (Å²) in [6.45, 7) is 5.66. The smallest absolute Gasteiger partial charge is 0.102 e. The Labute approximate surface area is 79.0 Å². The Hall–Kier alpha value is -0.380. The van der Waals surface area contributed by atoms with Crippen molar-refractivity contribution in [3.8, 4) is 0 Å². The Morgan fingerprint density at radius 1 is 1.62 bits per heavy atom. The molecule has 1 heterocycles. The molecule has 1 fully saturated rings. The van der Waals surface area contributed by atoms with E-state index in [9.17, 15) is 5.11 Å². The summed E-state index contributed by atoms with van der Waals surface area (Å²) in [6, 6.07) is 0. The lowest BCUT2D eigenvalue weighted by molar-refractivity contribution is -0.133. The molecule has 0 aromatic rings. The molecule has 0 aromatic heterocycles. The van der Waals surface area contributed by atoms with Gasteiger partial charge in [-0.25, -0.2) is 0 Å². The lowest BCUT2D eigenvalue weighted by Gasteiger charge is -2.37. The maximum atomic E-state index is 9.69. The summed E-state index contributed by atoms with van der Waals surface area (Å²) >= 11 is 0. The first-order chi connectivity index (χ1) is 6.22. The standard InChI is InChI=1S/C10H18O3/c1-3-8-5-7(6-11)10(12)9(4-2)13-8/h4,7-12H,2-3,5-6H2,1H3/t7?,8-,9?,10+/m1/s1. The predicted molar refractivity (Wildman–Crippen MR) is 50.3 cm³/mol. The van der Waals surface area contributed by atoms with Crippen molar-refractivity contribution in [2.24, 2.45) is 5.92 Å². The Kier molecular flexibility index (Phi) is 3.90. The quantitative estimate of drug-likeness (QED) is 0.638. The first kappa shape index (κ1) is 10.7. The van der Waals surface area contributed by atoms with E-state index < -0.39 is 6.10 Å². The molecular formula is C10H18O3. The summed E-state index contributed by atoms with van der Waals surface area (Å²) in [5, 5.41) is 18.7. The Morgan fingerprint density at radius 3 is 2.77 bits per heavy atom. The van der Waals surface area contributed by atoms with Gasteiger partial charge in [-0.05, 0) is 12.8 Å². The van der Waals surface area contributed by atoms with Gasteiger partial charge in [0.05, 0.1) is 12.2 Å². The van der Waals surface area contributed by atoms with Crippen LogP contribution in [-0.4, -0.2) is 35.1 Å². The van der Waals surface area contributed by atoms with Crippen LogP contribution in [0.2, 0.25) is 0 Å². The molecule has 1 saturated heterocycles. The molecule has 1 rings (SSSR count). The third-order valence-electron chi connectivity index (χ3n) is 2.66.